The Balaban J connectivity index is 4.24. The lowest BCUT2D eigenvalue weighted by Gasteiger charge is -2.25. The number of carbonyl (C=O) groups is 1. The Labute approximate surface area is 367 Å². The van der Waals surface area contributed by atoms with E-state index < -0.39 is 20.0 Å². The number of phosphoric ester groups is 1. The third-order valence-corrected chi connectivity index (χ3v) is 12.7. The van der Waals surface area contributed by atoms with Gasteiger partial charge in [0.15, 0.2) is 0 Å². The van der Waals surface area contributed by atoms with Gasteiger partial charge in [0.2, 0.25) is 5.91 Å². The van der Waals surface area contributed by atoms with Crippen molar-refractivity contribution in [1.29, 1.82) is 0 Å². The Bertz CT molecular complexity index is 974. The van der Waals surface area contributed by atoms with Gasteiger partial charge in [-0.15, -0.1) is 0 Å². The van der Waals surface area contributed by atoms with Gasteiger partial charge in [-0.1, -0.05) is 238 Å². The maximum absolute atomic E-state index is 12.9. The number of rotatable bonds is 47. The van der Waals surface area contributed by atoms with Crippen LogP contribution in [0.5, 0.6) is 0 Å². The van der Waals surface area contributed by atoms with E-state index in [1.54, 1.807) is 6.08 Å². The molecule has 0 aromatic carbocycles. The first-order valence-electron chi connectivity index (χ1n) is 25.6. The van der Waals surface area contributed by atoms with Gasteiger partial charge < -0.3 is 19.8 Å². The molecule has 3 atom stereocenters. The van der Waals surface area contributed by atoms with Crippen LogP contribution in [0.15, 0.2) is 12.2 Å². The maximum Gasteiger partial charge on any atom is 0.472 e. The largest absolute Gasteiger partial charge is 0.472 e. The summed E-state index contributed by atoms with van der Waals surface area (Å²) in [7, 11) is 1.59. The van der Waals surface area contributed by atoms with Gasteiger partial charge in [-0.05, 0) is 19.3 Å². The van der Waals surface area contributed by atoms with Crippen molar-refractivity contribution in [1.82, 2.24) is 5.32 Å². The average molecular weight is 858 g/mol. The number of nitrogens with zero attached hydrogens (tertiary/aromatic N) is 1. The predicted molar refractivity (Wildman–Crippen MR) is 254 cm³/mol. The molecule has 0 aliphatic heterocycles. The smallest absolute Gasteiger partial charge is 0.387 e. The molecule has 0 heterocycles. The van der Waals surface area contributed by atoms with Gasteiger partial charge >= 0.3 is 7.82 Å². The second-order valence-electron chi connectivity index (χ2n) is 18.9. The van der Waals surface area contributed by atoms with Crippen LogP contribution in [-0.4, -0.2) is 73.4 Å². The molecule has 0 aliphatic carbocycles. The summed E-state index contributed by atoms with van der Waals surface area (Å²) in [6.45, 7) is 4.85. The molecule has 0 bridgehead atoms. The second kappa shape index (κ2) is 42.5. The fraction of sp³-hybridized carbons (Fsp3) is 0.940. The first kappa shape index (κ1) is 58.2. The van der Waals surface area contributed by atoms with Crippen LogP contribution in [0.2, 0.25) is 0 Å². The monoisotopic (exact) mass is 858 g/mol. The summed E-state index contributed by atoms with van der Waals surface area (Å²) in [4.78, 5) is 23.2. The van der Waals surface area contributed by atoms with E-state index in [1.165, 1.54) is 199 Å². The number of phosphoric acid groups is 1. The van der Waals surface area contributed by atoms with E-state index >= 15 is 0 Å². The summed E-state index contributed by atoms with van der Waals surface area (Å²) >= 11 is 0. The molecule has 0 aliphatic rings. The normalized spacial score (nSPS) is 14.2. The number of unbranched alkanes of at least 4 members (excludes halogenated alkanes) is 34. The summed E-state index contributed by atoms with van der Waals surface area (Å²) in [5, 5.41) is 13.9. The minimum atomic E-state index is -4.34. The molecule has 0 saturated carbocycles. The summed E-state index contributed by atoms with van der Waals surface area (Å²) < 4.78 is 23.6. The van der Waals surface area contributed by atoms with Crippen LogP contribution in [0.4, 0.5) is 0 Å². The quantitative estimate of drug-likeness (QED) is 0.0244. The van der Waals surface area contributed by atoms with Crippen LogP contribution in [0, 0.1) is 0 Å². The minimum absolute atomic E-state index is 0.0649. The lowest BCUT2D eigenvalue weighted by Crippen LogP contribution is -2.45. The molecule has 59 heavy (non-hydrogen) atoms. The van der Waals surface area contributed by atoms with Crippen LogP contribution in [0.1, 0.15) is 251 Å². The van der Waals surface area contributed by atoms with Crippen molar-refractivity contribution in [2.45, 2.75) is 264 Å². The SMILES string of the molecule is CCCCCCCCCCCCCCC/C=C/[C@@H](O)[C@H](COP(=O)(O)OCC[N+](C)(C)C)NC(=O)CCCCCCCCCCCCCCCCCCCCCCCC. The lowest BCUT2D eigenvalue weighted by molar-refractivity contribution is -0.870. The van der Waals surface area contributed by atoms with E-state index in [4.69, 9.17) is 9.05 Å². The number of nitrogens with one attached hydrogen (secondary N) is 1. The van der Waals surface area contributed by atoms with Gasteiger partial charge in [-0.25, -0.2) is 4.57 Å². The van der Waals surface area contributed by atoms with Crippen LogP contribution in [0.3, 0.4) is 0 Å². The molecule has 0 radical (unpaired) electrons. The molecule has 1 unspecified atom stereocenters. The predicted octanol–water partition coefficient (Wildman–Crippen LogP) is 14.7. The number of carbonyl (C=O) groups excluding carboxylic acids is 1. The van der Waals surface area contributed by atoms with Gasteiger partial charge in [-0.3, -0.25) is 13.8 Å². The zero-order valence-electron chi connectivity index (χ0n) is 40.0. The Kier molecular flexibility index (Phi) is 42.0. The van der Waals surface area contributed by atoms with Gasteiger partial charge in [0.05, 0.1) is 39.9 Å². The zero-order chi connectivity index (χ0) is 43.6. The van der Waals surface area contributed by atoms with Crippen LogP contribution < -0.4 is 5.32 Å². The van der Waals surface area contributed by atoms with Crippen molar-refractivity contribution in [2.24, 2.45) is 0 Å². The highest BCUT2D eigenvalue weighted by atomic mass is 31.2. The van der Waals surface area contributed by atoms with Crippen molar-refractivity contribution in [3.63, 3.8) is 0 Å². The first-order valence-corrected chi connectivity index (χ1v) is 27.1. The zero-order valence-corrected chi connectivity index (χ0v) is 40.9. The highest BCUT2D eigenvalue weighted by Gasteiger charge is 2.27. The Morgan fingerprint density at radius 3 is 1.25 bits per heavy atom. The van der Waals surface area contributed by atoms with Crippen LogP contribution in [-0.2, 0) is 18.4 Å². The molecular formula is C50H102N2O6P+. The standard InChI is InChI=1S/C50H101N2O6P/c1-6-8-10-12-14-16-18-20-22-23-24-25-26-27-28-30-32-34-36-38-40-42-44-50(54)51-48(47-58-59(55,56)57-46-45-52(3,4)5)49(53)43-41-39-37-35-33-31-29-21-19-17-15-13-11-9-7-2/h41,43,48-49,53H,6-40,42,44-47H2,1-5H3,(H-,51,54,55,56)/p+1/b43-41+/t48-,49+/m0/s1. The molecule has 0 fully saturated rings. The van der Waals surface area contributed by atoms with Crippen molar-refractivity contribution in [2.75, 3.05) is 40.9 Å². The van der Waals surface area contributed by atoms with Gasteiger partial charge in [0.1, 0.15) is 13.2 Å². The Morgan fingerprint density at radius 2 is 0.898 bits per heavy atom. The third kappa shape index (κ3) is 45.1. The van der Waals surface area contributed by atoms with E-state index in [2.05, 4.69) is 19.2 Å². The highest BCUT2D eigenvalue weighted by Crippen LogP contribution is 2.43. The molecule has 352 valence electrons. The molecule has 9 heteroatoms. The van der Waals surface area contributed by atoms with E-state index in [0.717, 1.165) is 32.1 Å². The number of aliphatic hydroxyl groups is 1. The molecule has 3 N–H and O–H groups in total. The molecule has 1 amide bonds. The Morgan fingerprint density at radius 1 is 0.559 bits per heavy atom. The molecule has 8 nitrogen and oxygen atoms in total. The molecular weight excluding hydrogens is 756 g/mol. The number of likely N-dealkylation sites (N-methyl/N-ethyl adjacent to an activating group) is 1. The summed E-state index contributed by atoms with van der Waals surface area (Å²) in [5.74, 6) is -0.172. The van der Waals surface area contributed by atoms with Gasteiger partial charge in [0.25, 0.3) is 0 Å². The summed E-state index contributed by atoms with van der Waals surface area (Å²) in [5.41, 5.74) is 0. The maximum atomic E-state index is 12.9. The van der Waals surface area contributed by atoms with Crippen molar-refractivity contribution < 1.29 is 32.9 Å². The van der Waals surface area contributed by atoms with Crippen molar-refractivity contribution in [3.8, 4) is 0 Å². The van der Waals surface area contributed by atoms with E-state index in [0.29, 0.717) is 17.4 Å². The fourth-order valence-electron chi connectivity index (χ4n) is 7.69. The van der Waals surface area contributed by atoms with E-state index in [-0.39, 0.29) is 19.1 Å². The molecule has 0 aromatic heterocycles. The summed E-state index contributed by atoms with van der Waals surface area (Å²) in [6, 6.07) is -0.840. The second-order valence-corrected chi connectivity index (χ2v) is 20.4. The van der Waals surface area contributed by atoms with Crippen LogP contribution >= 0.6 is 7.82 Å². The van der Waals surface area contributed by atoms with Crippen molar-refractivity contribution in [3.05, 3.63) is 12.2 Å². The average Bonchev–Trinajstić information content (AvgIpc) is 3.19. The number of aliphatic hydroxyl groups excluding tert-OH is 1. The van der Waals surface area contributed by atoms with E-state index in [1.807, 2.05) is 27.2 Å². The minimum Gasteiger partial charge on any atom is -0.387 e. The van der Waals surface area contributed by atoms with Gasteiger partial charge in [-0.2, -0.15) is 0 Å². The number of allylic oxidation sites excluding steroid dienone is 1. The number of hydrogen-bond acceptors (Lipinski definition) is 5. The molecule has 0 aromatic rings. The molecule has 0 saturated heterocycles. The molecule has 0 spiro atoms. The topological polar surface area (TPSA) is 105 Å². The fourth-order valence-corrected chi connectivity index (χ4v) is 8.43. The number of quaternary nitrogens is 1. The molecule has 0 rings (SSSR count). The summed E-state index contributed by atoms with van der Waals surface area (Å²) in [6.07, 6.45) is 50.0. The highest BCUT2D eigenvalue weighted by molar-refractivity contribution is 7.47. The third-order valence-electron chi connectivity index (χ3n) is 11.8. The number of hydrogen-bond donors (Lipinski definition) is 3. The first-order chi connectivity index (χ1) is 28.5. The van der Waals surface area contributed by atoms with Gasteiger partial charge in [0, 0.05) is 6.42 Å². The lowest BCUT2D eigenvalue weighted by atomic mass is 10.0. The van der Waals surface area contributed by atoms with E-state index in [9.17, 15) is 19.4 Å². The van der Waals surface area contributed by atoms with Crippen LogP contribution in [0.25, 0.3) is 0 Å². The van der Waals surface area contributed by atoms with Crippen molar-refractivity contribution >= 4 is 13.7 Å². The Hall–Kier alpha value is -0.760. The number of amides is 1.